The summed E-state index contributed by atoms with van der Waals surface area (Å²) in [5.74, 6) is -1.50. The van der Waals surface area contributed by atoms with Gasteiger partial charge in [0.15, 0.2) is 11.6 Å². The lowest BCUT2D eigenvalue weighted by atomic mass is 10.0. The van der Waals surface area contributed by atoms with Crippen LogP contribution in [0.1, 0.15) is 29.5 Å². The number of ether oxygens (including phenoxy) is 1. The summed E-state index contributed by atoms with van der Waals surface area (Å²) in [7, 11) is 0. The number of nitrogens with zero attached hydrogens (tertiary/aromatic N) is 5. The van der Waals surface area contributed by atoms with Crippen molar-refractivity contribution in [1.82, 2.24) is 20.0 Å². The SMILES string of the molecule is Cc1noc(C)c1-c1cc(OC2CN(C(=O)N3N=CCC3c3cc(F)cc(F)c3)C2)c(F)cn1. The minimum absolute atomic E-state index is 0.00871. The zero-order chi connectivity index (χ0) is 24.0. The summed E-state index contributed by atoms with van der Waals surface area (Å²) in [5, 5.41) is 9.17. The van der Waals surface area contributed by atoms with Crippen LogP contribution < -0.4 is 4.74 Å². The second-order valence-corrected chi connectivity index (χ2v) is 8.22. The standard InChI is InChI=1S/C23H20F3N5O3/c1-12-22(13(2)34-29-12)19-8-21(18(26)9-27-19)33-17-10-30(11-17)23(32)31-20(3-4-28-31)14-5-15(24)7-16(25)6-14/h4-9,17,20H,3,10-11H2,1-2H3. The Balaban J connectivity index is 1.25. The number of carbonyl (C=O) groups excluding carboxylic acids is 1. The fourth-order valence-corrected chi connectivity index (χ4v) is 4.13. The fourth-order valence-electron chi connectivity index (χ4n) is 4.13. The van der Waals surface area contributed by atoms with E-state index in [1.165, 1.54) is 34.3 Å². The molecule has 2 aromatic heterocycles. The highest BCUT2D eigenvalue weighted by atomic mass is 19.1. The average molecular weight is 471 g/mol. The molecule has 2 amide bonds. The molecule has 1 saturated heterocycles. The monoisotopic (exact) mass is 471 g/mol. The third kappa shape index (κ3) is 3.97. The Labute approximate surface area is 192 Å². The number of carbonyl (C=O) groups is 1. The van der Waals surface area contributed by atoms with Gasteiger partial charge in [-0.3, -0.25) is 4.98 Å². The highest BCUT2D eigenvalue weighted by molar-refractivity contribution is 5.79. The van der Waals surface area contributed by atoms with E-state index in [0.717, 1.165) is 12.3 Å². The largest absolute Gasteiger partial charge is 0.483 e. The second kappa shape index (κ2) is 8.47. The molecule has 1 unspecified atom stereocenters. The van der Waals surface area contributed by atoms with Gasteiger partial charge in [-0.15, -0.1) is 0 Å². The normalized spacial score (nSPS) is 17.9. The Hall–Kier alpha value is -3.89. The van der Waals surface area contributed by atoms with Crippen LogP contribution in [0, 0.1) is 31.3 Å². The molecule has 1 aromatic carbocycles. The van der Waals surface area contributed by atoms with Gasteiger partial charge in [-0.25, -0.2) is 23.0 Å². The third-order valence-electron chi connectivity index (χ3n) is 5.82. The first kappa shape index (κ1) is 21.9. The minimum atomic E-state index is -0.720. The van der Waals surface area contributed by atoms with E-state index in [2.05, 4.69) is 15.2 Å². The van der Waals surface area contributed by atoms with Gasteiger partial charge in [-0.05, 0) is 31.5 Å². The van der Waals surface area contributed by atoms with E-state index in [0.29, 0.717) is 34.7 Å². The first-order valence-corrected chi connectivity index (χ1v) is 10.6. The van der Waals surface area contributed by atoms with Crippen LogP contribution in [0.15, 0.2) is 40.1 Å². The van der Waals surface area contributed by atoms with Gasteiger partial charge in [-0.2, -0.15) is 5.10 Å². The molecule has 1 atom stereocenters. The number of aromatic nitrogens is 2. The smallest absolute Gasteiger partial charge is 0.341 e. The molecule has 2 aliphatic rings. The third-order valence-corrected chi connectivity index (χ3v) is 5.82. The lowest BCUT2D eigenvalue weighted by Gasteiger charge is -2.41. The molecule has 11 heteroatoms. The molecular formula is C23H20F3N5O3. The Bertz CT molecular complexity index is 1250. The topological polar surface area (TPSA) is 84.1 Å². The van der Waals surface area contributed by atoms with Crippen molar-refractivity contribution in [3.8, 4) is 17.0 Å². The van der Waals surface area contributed by atoms with Gasteiger partial charge in [0.1, 0.15) is 23.5 Å². The molecule has 5 rings (SSSR count). The van der Waals surface area contributed by atoms with Crippen LogP contribution in [0.3, 0.4) is 0 Å². The van der Waals surface area contributed by atoms with Gasteiger partial charge in [0.05, 0.1) is 42.3 Å². The van der Waals surface area contributed by atoms with Crippen LogP contribution in [0.2, 0.25) is 0 Å². The molecular weight excluding hydrogens is 451 g/mol. The zero-order valence-corrected chi connectivity index (χ0v) is 18.3. The lowest BCUT2D eigenvalue weighted by molar-refractivity contribution is 0.0256. The number of amides is 2. The number of benzene rings is 1. The Morgan fingerprint density at radius 2 is 1.85 bits per heavy atom. The fraction of sp³-hybridized carbons (Fsp3) is 0.304. The van der Waals surface area contributed by atoms with Crippen molar-refractivity contribution in [1.29, 1.82) is 0 Å². The van der Waals surface area contributed by atoms with E-state index in [-0.39, 0.29) is 18.8 Å². The predicted molar refractivity (Wildman–Crippen MR) is 115 cm³/mol. The molecule has 176 valence electrons. The molecule has 0 aliphatic carbocycles. The molecule has 8 nitrogen and oxygen atoms in total. The number of hydrogen-bond donors (Lipinski definition) is 0. The summed E-state index contributed by atoms with van der Waals surface area (Å²) in [6, 6.07) is 3.60. The minimum Gasteiger partial charge on any atom is -0.483 e. The highest BCUT2D eigenvalue weighted by Gasteiger charge is 2.39. The quantitative estimate of drug-likeness (QED) is 0.564. The van der Waals surface area contributed by atoms with Crippen molar-refractivity contribution in [2.24, 2.45) is 5.10 Å². The molecule has 34 heavy (non-hydrogen) atoms. The number of likely N-dealkylation sites (tertiary alicyclic amines) is 1. The zero-order valence-electron chi connectivity index (χ0n) is 18.3. The maximum Gasteiger partial charge on any atom is 0.341 e. The average Bonchev–Trinajstić information content (AvgIpc) is 3.37. The molecule has 4 heterocycles. The Morgan fingerprint density at radius 1 is 1.12 bits per heavy atom. The highest BCUT2D eigenvalue weighted by Crippen LogP contribution is 2.33. The first-order valence-electron chi connectivity index (χ1n) is 10.6. The number of rotatable bonds is 4. The van der Waals surface area contributed by atoms with E-state index >= 15 is 0 Å². The van der Waals surface area contributed by atoms with Crippen LogP contribution in [0.4, 0.5) is 18.0 Å². The van der Waals surface area contributed by atoms with Gasteiger partial charge in [0.25, 0.3) is 0 Å². The molecule has 0 bridgehead atoms. The molecule has 1 fully saturated rings. The van der Waals surface area contributed by atoms with Crippen LogP contribution in [0.25, 0.3) is 11.3 Å². The molecule has 0 radical (unpaired) electrons. The van der Waals surface area contributed by atoms with Gasteiger partial charge in [-0.1, -0.05) is 5.16 Å². The van der Waals surface area contributed by atoms with Crippen molar-refractivity contribution >= 4 is 12.2 Å². The van der Waals surface area contributed by atoms with Gasteiger partial charge in [0.2, 0.25) is 0 Å². The van der Waals surface area contributed by atoms with Crippen molar-refractivity contribution in [2.75, 3.05) is 13.1 Å². The first-order chi connectivity index (χ1) is 16.3. The van der Waals surface area contributed by atoms with Gasteiger partial charge in [0, 0.05) is 24.8 Å². The van der Waals surface area contributed by atoms with Crippen LogP contribution in [-0.4, -0.2) is 51.5 Å². The van der Waals surface area contributed by atoms with Crippen molar-refractivity contribution < 1.29 is 27.2 Å². The predicted octanol–water partition coefficient (Wildman–Crippen LogP) is 4.39. The number of pyridine rings is 1. The Kier molecular flexibility index (Phi) is 5.46. The number of aryl methyl sites for hydroxylation is 2. The van der Waals surface area contributed by atoms with Crippen molar-refractivity contribution in [2.45, 2.75) is 32.4 Å². The number of hydrazone groups is 1. The molecule has 0 N–H and O–H groups in total. The maximum absolute atomic E-state index is 14.3. The number of halogens is 3. The number of urea groups is 1. The van der Waals surface area contributed by atoms with E-state index < -0.39 is 35.6 Å². The number of hydrogen-bond acceptors (Lipinski definition) is 6. The summed E-state index contributed by atoms with van der Waals surface area (Å²) < 4.78 is 52.5. The summed E-state index contributed by atoms with van der Waals surface area (Å²) >= 11 is 0. The van der Waals surface area contributed by atoms with Crippen LogP contribution >= 0.6 is 0 Å². The van der Waals surface area contributed by atoms with Gasteiger partial charge < -0.3 is 14.2 Å². The van der Waals surface area contributed by atoms with E-state index in [1.807, 2.05) is 0 Å². The summed E-state index contributed by atoms with van der Waals surface area (Å²) in [6.45, 7) is 3.91. The second-order valence-electron chi connectivity index (χ2n) is 8.22. The van der Waals surface area contributed by atoms with Crippen LogP contribution in [0.5, 0.6) is 5.75 Å². The van der Waals surface area contributed by atoms with Gasteiger partial charge >= 0.3 is 6.03 Å². The summed E-state index contributed by atoms with van der Waals surface area (Å²) in [6.07, 6.45) is 2.51. The summed E-state index contributed by atoms with van der Waals surface area (Å²) in [5.41, 5.74) is 2.09. The Morgan fingerprint density at radius 3 is 2.53 bits per heavy atom. The van der Waals surface area contributed by atoms with Crippen molar-refractivity contribution in [3.05, 3.63) is 64.9 Å². The van der Waals surface area contributed by atoms with E-state index in [4.69, 9.17) is 9.26 Å². The molecule has 3 aromatic rings. The molecule has 2 aliphatic heterocycles. The van der Waals surface area contributed by atoms with Crippen LogP contribution in [-0.2, 0) is 0 Å². The molecule has 0 spiro atoms. The van der Waals surface area contributed by atoms with E-state index in [9.17, 15) is 18.0 Å². The lowest BCUT2D eigenvalue weighted by Crippen LogP contribution is -2.58. The summed E-state index contributed by atoms with van der Waals surface area (Å²) in [4.78, 5) is 18.5. The maximum atomic E-state index is 14.3. The molecule has 0 saturated carbocycles. The van der Waals surface area contributed by atoms with Crippen molar-refractivity contribution in [3.63, 3.8) is 0 Å². The van der Waals surface area contributed by atoms with E-state index in [1.54, 1.807) is 13.8 Å².